The molecule has 0 saturated heterocycles. The van der Waals surface area contributed by atoms with Crippen molar-refractivity contribution in [3.05, 3.63) is 35.1 Å². The van der Waals surface area contributed by atoms with Gasteiger partial charge in [-0.25, -0.2) is 9.18 Å². The minimum atomic E-state index is -0.596. The van der Waals surface area contributed by atoms with E-state index in [2.05, 4.69) is 5.32 Å². The quantitative estimate of drug-likeness (QED) is 0.849. The van der Waals surface area contributed by atoms with Gasteiger partial charge in [0, 0.05) is 31.9 Å². The van der Waals surface area contributed by atoms with Crippen molar-refractivity contribution in [2.75, 3.05) is 14.2 Å². The van der Waals surface area contributed by atoms with Gasteiger partial charge in [0.05, 0.1) is 0 Å². The zero-order valence-electron chi connectivity index (χ0n) is 13.0. The highest BCUT2D eigenvalue weighted by Crippen LogP contribution is 2.20. The van der Waals surface area contributed by atoms with Gasteiger partial charge in [0.2, 0.25) is 0 Å². The number of carbonyl (C=O) groups excluding carboxylic acids is 1. The molecule has 0 aliphatic rings. The van der Waals surface area contributed by atoms with Crippen LogP contribution in [-0.4, -0.2) is 25.9 Å². The van der Waals surface area contributed by atoms with Crippen molar-refractivity contribution in [3.8, 4) is 0 Å². The molecule has 5 nitrogen and oxygen atoms in total. The average Bonchev–Trinajstić information content (AvgIpc) is 2.38. The van der Waals surface area contributed by atoms with E-state index in [1.54, 1.807) is 32.9 Å². The Kier molecular flexibility index (Phi) is 6.11. The minimum absolute atomic E-state index is 0.0226. The summed E-state index contributed by atoms with van der Waals surface area (Å²) in [5, 5.41) is 2.52. The largest absolute Gasteiger partial charge is 0.444 e. The molecular formula is C15H22FNO4. The fourth-order valence-electron chi connectivity index (χ4n) is 1.73. The standard InChI is InChI=1S/C15H22FNO4/c1-15(2,3)21-14(18)17-9-11-8-10(6-7-12(11)16)13(19-4)20-5/h6-8,13H,9H2,1-5H3,(H,17,18). The van der Waals surface area contributed by atoms with Crippen molar-refractivity contribution in [2.45, 2.75) is 39.2 Å². The molecule has 0 heterocycles. The summed E-state index contributed by atoms with van der Waals surface area (Å²) in [4.78, 5) is 11.6. The number of halogens is 1. The lowest BCUT2D eigenvalue weighted by atomic mass is 10.1. The molecule has 1 amide bonds. The second-order valence-corrected chi connectivity index (χ2v) is 5.51. The summed E-state index contributed by atoms with van der Waals surface area (Å²) < 4.78 is 29.1. The SMILES string of the molecule is COC(OC)c1ccc(F)c(CNC(=O)OC(C)(C)C)c1. The maximum atomic E-state index is 13.8. The molecule has 6 heteroatoms. The van der Waals surface area contributed by atoms with Gasteiger partial charge in [-0.05, 0) is 32.9 Å². The van der Waals surface area contributed by atoms with Crippen molar-refractivity contribution >= 4 is 6.09 Å². The van der Waals surface area contributed by atoms with Crippen molar-refractivity contribution < 1.29 is 23.4 Å². The molecule has 21 heavy (non-hydrogen) atoms. The highest BCUT2D eigenvalue weighted by Gasteiger charge is 2.17. The van der Waals surface area contributed by atoms with E-state index in [4.69, 9.17) is 14.2 Å². The molecule has 0 aliphatic carbocycles. The number of hydrogen-bond acceptors (Lipinski definition) is 4. The molecule has 1 aromatic rings. The van der Waals surface area contributed by atoms with Crippen LogP contribution in [0.3, 0.4) is 0 Å². The summed E-state index contributed by atoms with van der Waals surface area (Å²) in [6.45, 7) is 5.30. The molecule has 0 unspecified atom stereocenters. The van der Waals surface area contributed by atoms with E-state index >= 15 is 0 Å². The molecule has 118 valence electrons. The van der Waals surface area contributed by atoms with Gasteiger partial charge in [-0.1, -0.05) is 6.07 Å². The number of hydrogen-bond donors (Lipinski definition) is 1. The molecule has 0 aromatic heterocycles. The number of nitrogens with one attached hydrogen (secondary N) is 1. The van der Waals surface area contributed by atoms with Crippen LogP contribution in [0.2, 0.25) is 0 Å². The van der Waals surface area contributed by atoms with E-state index in [-0.39, 0.29) is 6.54 Å². The zero-order chi connectivity index (χ0) is 16.0. The summed E-state index contributed by atoms with van der Waals surface area (Å²) in [6.07, 6.45) is -1.17. The number of rotatable bonds is 5. The van der Waals surface area contributed by atoms with Crippen LogP contribution in [0.1, 0.15) is 38.2 Å². The normalized spacial score (nSPS) is 11.6. The van der Waals surface area contributed by atoms with Gasteiger partial charge in [0.15, 0.2) is 6.29 Å². The Morgan fingerprint density at radius 3 is 2.43 bits per heavy atom. The van der Waals surface area contributed by atoms with Crippen molar-refractivity contribution in [1.29, 1.82) is 0 Å². The molecule has 0 aliphatic heterocycles. The van der Waals surface area contributed by atoms with Gasteiger partial charge >= 0.3 is 6.09 Å². The van der Waals surface area contributed by atoms with Crippen LogP contribution >= 0.6 is 0 Å². The number of alkyl carbamates (subject to hydrolysis) is 1. The third kappa shape index (κ3) is 5.69. The fraction of sp³-hybridized carbons (Fsp3) is 0.533. The lowest BCUT2D eigenvalue weighted by Crippen LogP contribution is -2.32. The first-order chi connectivity index (χ1) is 9.76. The van der Waals surface area contributed by atoms with Crippen molar-refractivity contribution in [3.63, 3.8) is 0 Å². The van der Waals surface area contributed by atoms with Crippen LogP contribution in [0.4, 0.5) is 9.18 Å². The van der Waals surface area contributed by atoms with Gasteiger partial charge in [0.1, 0.15) is 11.4 Å². The second kappa shape index (κ2) is 7.38. The highest BCUT2D eigenvalue weighted by atomic mass is 19.1. The Hall–Kier alpha value is -1.66. The van der Waals surface area contributed by atoms with E-state index in [1.165, 1.54) is 20.3 Å². The molecular weight excluding hydrogens is 277 g/mol. The maximum absolute atomic E-state index is 13.8. The molecule has 1 aromatic carbocycles. The molecule has 0 bridgehead atoms. The number of amides is 1. The van der Waals surface area contributed by atoms with Crippen LogP contribution in [0.15, 0.2) is 18.2 Å². The van der Waals surface area contributed by atoms with Crippen molar-refractivity contribution in [1.82, 2.24) is 5.32 Å². The van der Waals surface area contributed by atoms with Gasteiger partial charge in [0.25, 0.3) is 0 Å². The third-order valence-corrected chi connectivity index (χ3v) is 2.59. The predicted octanol–water partition coefficient (Wildman–Crippen LogP) is 3.14. The maximum Gasteiger partial charge on any atom is 0.407 e. The summed E-state index contributed by atoms with van der Waals surface area (Å²) in [5.41, 5.74) is 0.404. The van der Waals surface area contributed by atoms with Crippen LogP contribution < -0.4 is 5.32 Å². The van der Waals surface area contributed by atoms with E-state index in [0.29, 0.717) is 11.1 Å². The van der Waals surface area contributed by atoms with Gasteiger partial charge < -0.3 is 19.5 Å². The number of ether oxygens (including phenoxy) is 3. The minimum Gasteiger partial charge on any atom is -0.444 e. The molecule has 1 N–H and O–H groups in total. The summed E-state index contributed by atoms with van der Waals surface area (Å²) in [6, 6.07) is 4.47. The summed E-state index contributed by atoms with van der Waals surface area (Å²) >= 11 is 0. The summed E-state index contributed by atoms with van der Waals surface area (Å²) in [7, 11) is 2.99. The molecule has 0 radical (unpaired) electrons. The van der Waals surface area contributed by atoms with E-state index in [0.717, 1.165) is 0 Å². The Morgan fingerprint density at radius 1 is 1.29 bits per heavy atom. The monoisotopic (exact) mass is 299 g/mol. The topological polar surface area (TPSA) is 56.8 Å². The molecule has 0 spiro atoms. The van der Waals surface area contributed by atoms with Crippen LogP contribution in [-0.2, 0) is 20.8 Å². The number of benzene rings is 1. The van der Waals surface area contributed by atoms with E-state index < -0.39 is 23.8 Å². The number of methoxy groups -OCH3 is 2. The first kappa shape index (κ1) is 17.4. The first-order valence-corrected chi connectivity index (χ1v) is 6.57. The summed E-state index contributed by atoms with van der Waals surface area (Å²) in [5.74, 6) is -0.416. The van der Waals surface area contributed by atoms with E-state index in [1.807, 2.05) is 0 Å². The lowest BCUT2D eigenvalue weighted by molar-refractivity contribution is -0.106. The van der Waals surface area contributed by atoms with Crippen LogP contribution in [0.5, 0.6) is 0 Å². The smallest absolute Gasteiger partial charge is 0.407 e. The van der Waals surface area contributed by atoms with Gasteiger partial charge in [-0.2, -0.15) is 0 Å². The highest BCUT2D eigenvalue weighted by molar-refractivity contribution is 5.67. The second-order valence-electron chi connectivity index (χ2n) is 5.51. The predicted molar refractivity (Wildman–Crippen MR) is 76.2 cm³/mol. The Morgan fingerprint density at radius 2 is 1.90 bits per heavy atom. The molecule has 1 rings (SSSR count). The molecule has 0 saturated carbocycles. The van der Waals surface area contributed by atoms with Crippen molar-refractivity contribution in [2.24, 2.45) is 0 Å². The average molecular weight is 299 g/mol. The Labute approximate surface area is 124 Å². The van der Waals surface area contributed by atoms with Gasteiger partial charge in [-0.15, -0.1) is 0 Å². The number of carbonyl (C=O) groups is 1. The zero-order valence-corrected chi connectivity index (χ0v) is 13.0. The fourth-order valence-corrected chi connectivity index (χ4v) is 1.73. The van der Waals surface area contributed by atoms with Crippen LogP contribution in [0.25, 0.3) is 0 Å². The third-order valence-electron chi connectivity index (χ3n) is 2.59. The van der Waals surface area contributed by atoms with E-state index in [9.17, 15) is 9.18 Å². The molecule has 0 atom stereocenters. The Balaban J connectivity index is 2.74. The lowest BCUT2D eigenvalue weighted by Gasteiger charge is -2.20. The van der Waals surface area contributed by atoms with Gasteiger partial charge in [-0.3, -0.25) is 0 Å². The first-order valence-electron chi connectivity index (χ1n) is 6.57. The molecule has 0 fully saturated rings. The van der Waals surface area contributed by atoms with Crippen LogP contribution in [0, 0.1) is 5.82 Å². The Bertz CT molecular complexity index is 481.